The van der Waals surface area contributed by atoms with Gasteiger partial charge >= 0.3 is 0 Å². The Hall–Kier alpha value is -1.91. The lowest BCUT2D eigenvalue weighted by Gasteiger charge is -2.18. The summed E-state index contributed by atoms with van der Waals surface area (Å²) in [6.07, 6.45) is 0.116. The van der Waals surface area contributed by atoms with Crippen molar-refractivity contribution in [3.63, 3.8) is 0 Å². The molecule has 2 aromatic carbocycles. The monoisotopic (exact) mass is 303 g/mol. The maximum absolute atomic E-state index is 13.7. The van der Waals surface area contributed by atoms with Crippen molar-refractivity contribution in [2.45, 2.75) is 25.5 Å². The first-order chi connectivity index (χ1) is 10.6. The number of hydrogen-bond acceptors (Lipinski definition) is 3. The van der Waals surface area contributed by atoms with Crippen LogP contribution in [0.2, 0.25) is 0 Å². The molecule has 0 saturated heterocycles. The van der Waals surface area contributed by atoms with Gasteiger partial charge in [-0.3, -0.25) is 0 Å². The summed E-state index contributed by atoms with van der Waals surface area (Å²) in [5, 5.41) is 13.3. The third-order valence-electron chi connectivity index (χ3n) is 3.65. The highest BCUT2D eigenvalue weighted by molar-refractivity contribution is 5.30. The van der Waals surface area contributed by atoms with E-state index in [9.17, 15) is 9.50 Å². The number of hydrogen-bond donors (Lipinski definition) is 2. The molecule has 0 aromatic heterocycles. The molecule has 2 N–H and O–H groups in total. The van der Waals surface area contributed by atoms with Crippen molar-refractivity contribution in [1.82, 2.24) is 5.32 Å². The lowest BCUT2D eigenvalue weighted by Crippen LogP contribution is -2.30. The van der Waals surface area contributed by atoms with E-state index in [1.807, 2.05) is 43.3 Å². The van der Waals surface area contributed by atoms with Gasteiger partial charge in [-0.1, -0.05) is 36.4 Å². The summed E-state index contributed by atoms with van der Waals surface area (Å²) in [7, 11) is 1.44. The lowest BCUT2D eigenvalue weighted by atomic mass is 10.1. The predicted molar refractivity (Wildman–Crippen MR) is 85.5 cm³/mol. The van der Waals surface area contributed by atoms with Crippen LogP contribution < -0.4 is 10.1 Å². The third kappa shape index (κ3) is 4.55. The first-order valence-corrected chi connectivity index (χ1v) is 7.39. The molecule has 118 valence electrons. The van der Waals surface area contributed by atoms with Gasteiger partial charge in [0.15, 0.2) is 11.6 Å². The van der Waals surface area contributed by atoms with Crippen LogP contribution in [0.25, 0.3) is 0 Å². The second-order valence-corrected chi connectivity index (χ2v) is 5.37. The van der Waals surface area contributed by atoms with Crippen LogP contribution in [0.5, 0.6) is 5.75 Å². The fraction of sp³-hybridized carbons (Fsp3) is 0.333. The molecule has 0 bridgehead atoms. The highest BCUT2D eigenvalue weighted by Crippen LogP contribution is 2.21. The van der Waals surface area contributed by atoms with E-state index in [0.29, 0.717) is 13.0 Å². The van der Waals surface area contributed by atoms with Crippen molar-refractivity contribution in [3.05, 3.63) is 65.5 Å². The highest BCUT2D eigenvalue weighted by Gasteiger charge is 2.11. The molecule has 0 aliphatic heterocycles. The zero-order valence-corrected chi connectivity index (χ0v) is 12.9. The molecule has 0 radical (unpaired) electrons. The molecule has 2 atom stereocenters. The molecule has 0 fully saturated rings. The molecule has 0 aliphatic rings. The van der Waals surface area contributed by atoms with Crippen LogP contribution in [0.3, 0.4) is 0 Å². The second-order valence-electron chi connectivity index (χ2n) is 5.37. The van der Waals surface area contributed by atoms with Gasteiger partial charge in [0.25, 0.3) is 0 Å². The van der Waals surface area contributed by atoms with Crippen molar-refractivity contribution in [2.75, 3.05) is 13.7 Å². The zero-order valence-electron chi connectivity index (χ0n) is 12.9. The number of ether oxygens (including phenoxy) is 1. The quantitative estimate of drug-likeness (QED) is 0.826. The van der Waals surface area contributed by atoms with Crippen molar-refractivity contribution < 1.29 is 14.2 Å². The average molecular weight is 303 g/mol. The Morgan fingerprint density at radius 2 is 1.91 bits per heavy atom. The van der Waals surface area contributed by atoms with Gasteiger partial charge in [0.05, 0.1) is 13.2 Å². The van der Waals surface area contributed by atoms with Gasteiger partial charge in [-0.05, 0) is 36.6 Å². The number of halogens is 1. The molecule has 0 spiro atoms. The third-order valence-corrected chi connectivity index (χ3v) is 3.65. The number of aliphatic hydroxyl groups is 1. The molecular formula is C18H22FNO2. The number of methoxy groups -OCH3 is 1. The second kappa shape index (κ2) is 7.92. The summed E-state index contributed by atoms with van der Waals surface area (Å²) in [6.45, 7) is 2.39. The van der Waals surface area contributed by atoms with E-state index in [2.05, 4.69) is 5.32 Å². The van der Waals surface area contributed by atoms with Gasteiger partial charge in [-0.25, -0.2) is 4.39 Å². The molecule has 2 aromatic rings. The summed E-state index contributed by atoms with van der Waals surface area (Å²) in [5.41, 5.74) is 1.92. The molecule has 0 amide bonds. The summed E-state index contributed by atoms with van der Waals surface area (Å²) >= 11 is 0. The van der Waals surface area contributed by atoms with E-state index in [4.69, 9.17) is 4.74 Å². The van der Waals surface area contributed by atoms with Crippen molar-refractivity contribution in [3.8, 4) is 5.75 Å². The van der Waals surface area contributed by atoms with E-state index < -0.39 is 6.10 Å². The van der Waals surface area contributed by atoms with E-state index in [0.717, 1.165) is 11.1 Å². The number of nitrogens with one attached hydrogen (secondary N) is 1. The summed E-state index contributed by atoms with van der Waals surface area (Å²) in [4.78, 5) is 0. The van der Waals surface area contributed by atoms with Crippen molar-refractivity contribution >= 4 is 0 Å². The van der Waals surface area contributed by atoms with E-state index in [-0.39, 0.29) is 17.6 Å². The van der Waals surface area contributed by atoms with Crippen LogP contribution in [0, 0.1) is 5.82 Å². The maximum Gasteiger partial charge on any atom is 0.165 e. The molecule has 0 heterocycles. The Kier molecular flexibility index (Phi) is 5.92. The van der Waals surface area contributed by atoms with Crippen LogP contribution in [0.1, 0.15) is 24.1 Å². The molecule has 4 heteroatoms. The Balaban J connectivity index is 1.86. The minimum absolute atomic E-state index is 0.0502. The zero-order chi connectivity index (χ0) is 15.9. The van der Waals surface area contributed by atoms with Gasteiger partial charge in [0, 0.05) is 12.6 Å². The van der Waals surface area contributed by atoms with Gasteiger partial charge in [-0.15, -0.1) is 0 Å². The lowest BCUT2D eigenvalue weighted by molar-refractivity contribution is 0.168. The van der Waals surface area contributed by atoms with Crippen molar-refractivity contribution in [1.29, 1.82) is 0 Å². The normalized spacial score (nSPS) is 13.6. The Bertz CT molecular complexity index is 589. The molecule has 3 nitrogen and oxygen atoms in total. The molecular weight excluding hydrogens is 281 g/mol. The van der Waals surface area contributed by atoms with Crippen LogP contribution in [-0.4, -0.2) is 24.9 Å². The highest BCUT2D eigenvalue weighted by atomic mass is 19.1. The Morgan fingerprint density at radius 1 is 1.18 bits per heavy atom. The van der Waals surface area contributed by atoms with Crippen LogP contribution in [0.4, 0.5) is 4.39 Å². The van der Waals surface area contributed by atoms with E-state index in [1.54, 1.807) is 6.07 Å². The SMILES string of the molecule is COc1ccc(C(C)NCC(O)Cc2ccccc2)cc1F. The van der Waals surface area contributed by atoms with Crippen molar-refractivity contribution in [2.24, 2.45) is 0 Å². The number of rotatable bonds is 7. The van der Waals surface area contributed by atoms with Gasteiger partial charge in [-0.2, -0.15) is 0 Å². The molecule has 0 aliphatic carbocycles. The fourth-order valence-corrected chi connectivity index (χ4v) is 2.34. The first-order valence-electron chi connectivity index (χ1n) is 7.39. The number of benzene rings is 2. The fourth-order valence-electron chi connectivity index (χ4n) is 2.34. The molecule has 0 saturated carbocycles. The van der Waals surface area contributed by atoms with Gasteiger partial charge in [0.1, 0.15) is 0 Å². The average Bonchev–Trinajstić information content (AvgIpc) is 2.53. The topological polar surface area (TPSA) is 41.5 Å². The molecule has 2 rings (SSSR count). The minimum atomic E-state index is -0.479. The van der Waals surface area contributed by atoms with E-state index in [1.165, 1.54) is 13.2 Å². The van der Waals surface area contributed by atoms with Gasteiger partial charge < -0.3 is 15.2 Å². The predicted octanol–water partition coefficient (Wildman–Crippen LogP) is 3.09. The van der Waals surface area contributed by atoms with Crippen LogP contribution in [0.15, 0.2) is 48.5 Å². The van der Waals surface area contributed by atoms with Crippen LogP contribution in [-0.2, 0) is 6.42 Å². The molecule has 22 heavy (non-hydrogen) atoms. The standard InChI is InChI=1S/C18H22FNO2/c1-13(15-8-9-18(22-2)17(19)11-15)20-12-16(21)10-14-6-4-3-5-7-14/h3-9,11,13,16,20-21H,10,12H2,1-2H3. The Morgan fingerprint density at radius 3 is 2.55 bits per heavy atom. The smallest absolute Gasteiger partial charge is 0.165 e. The number of aliphatic hydroxyl groups excluding tert-OH is 1. The van der Waals surface area contributed by atoms with Gasteiger partial charge in [0.2, 0.25) is 0 Å². The largest absolute Gasteiger partial charge is 0.494 e. The first kappa shape index (κ1) is 16.5. The maximum atomic E-state index is 13.7. The summed E-state index contributed by atoms with van der Waals surface area (Å²) in [6, 6.07) is 14.7. The van der Waals surface area contributed by atoms with E-state index >= 15 is 0 Å². The minimum Gasteiger partial charge on any atom is -0.494 e. The Labute approximate surface area is 130 Å². The molecule has 2 unspecified atom stereocenters. The van der Waals surface area contributed by atoms with Crippen LogP contribution >= 0.6 is 0 Å². The summed E-state index contributed by atoms with van der Waals surface area (Å²) in [5.74, 6) is -0.140. The summed E-state index contributed by atoms with van der Waals surface area (Å²) < 4.78 is 18.6.